The third kappa shape index (κ3) is 3.37. The lowest BCUT2D eigenvalue weighted by molar-refractivity contribution is -0.155. The van der Waals surface area contributed by atoms with Gasteiger partial charge in [0.15, 0.2) is 0 Å². The van der Waals surface area contributed by atoms with E-state index in [2.05, 4.69) is 6.92 Å². The average Bonchev–Trinajstić information content (AvgIpc) is 3.04. The molecule has 1 atom stereocenters. The van der Waals surface area contributed by atoms with Gasteiger partial charge in [-0.3, -0.25) is 9.59 Å². The van der Waals surface area contributed by atoms with Gasteiger partial charge in [0.1, 0.15) is 11.3 Å². The van der Waals surface area contributed by atoms with Crippen molar-refractivity contribution in [2.45, 2.75) is 51.0 Å². The van der Waals surface area contributed by atoms with E-state index in [0.29, 0.717) is 13.0 Å². The van der Waals surface area contributed by atoms with E-state index in [9.17, 15) is 9.59 Å². The van der Waals surface area contributed by atoms with Crippen LogP contribution in [-0.2, 0) is 16.0 Å². The van der Waals surface area contributed by atoms with Crippen LogP contribution in [0.15, 0.2) is 24.3 Å². The van der Waals surface area contributed by atoms with E-state index in [1.807, 2.05) is 34.1 Å². The highest BCUT2D eigenvalue weighted by Crippen LogP contribution is 2.38. The molecule has 2 aliphatic rings. The maximum atomic E-state index is 13.1. The highest BCUT2D eigenvalue weighted by atomic mass is 16.5. The lowest BCUT2D eigenvalue weighted by Gasteiger charge is -2.44. The summed E-state index contributed by atoms with van der Waals surface area (Å²) < 4.78 is 5.17. The van der Waals surface area contributed by atoms with E-state index >= 15 is 0 Å². The number of rotatable bonds is 5. The molecule has 136 valence electrons. The van der Waals surface area contributed by atoms with Crippen LogP contribution in [0.25, 0.3) is 0 Å². The molecule has 2 heterocycles. The van der Waals surface area contributed by atoms with Crippen LogP contribution in [-0.4, -0.2) is 53.9 Å². The van der Waals surface area contributed by atoms with Crippen molar-refractivity contribution in [2.24, 2.45) is 0 Å². The molecule has 3 rings (SSSR count). The fraction of sp³-hybridized carbons (Fsp3) is 0.600. The summed E-state index contributed by atoms with van der Waals surface area (Å²) in [5, 5.41) is 0. The first-order valence-electron chi connectivity index (χ1n) is 9.33. The molecule has 0 saturated carbocycles. The SMILES string of the molecule is CCCN1CCCC2(CCCN2C(=O)Cc2ccc(OC)cc2)C1=O. The Morgan fingerprint density at radius 2 is 1.84 bits per heavy atom. The summed E-state index contributed by atoms with van der Waals surface area (Å²) in [6, 6.07) is 7.59. The number of nitrogens with zero attached hydrogens (tertiary/aromatic N) is 2. The molecule has 5 nitrogen and oxygen atoms in total. The van der Waals surface area contributed by atoms with Gasteiger partial charge < -0.3 is 14.5 Å². The minimum absolute atomic E-state index is 0.0642. The van der Waals surface area contributed by atoms with E-state index < -0.39 is 5.54 Å². The fourth-order valence-corrected chi connectivity index (χ4v) is 4.29. The Labute approximate surface area is 149 Å². The summed E-state index contributed by atoms with van der Waals surface area (Å²) in [5.74, 6) is 1.02. The van der Waals surface area contributed by atoms with Crippen LogP contribution in [0, 0.1) is 0 Å². The maximum absolute atomic E-state index is 13.1. The van der Waals surface area contributed by atoms with Gasteiger partial charge in [0.05, 0.1) is 13.5 Å². The van der Waals surface area contributed by atoms with Gasteiger partial charge in [0.25, 0.3) is 0 Å². The van der Waals surface area contributed by atoms with Crippen molar-refractivity contribution in [2.75, 3.05) is 26.7 Å². The third-order valence-electron chi connectivity index (χ3n) is 5.50. The fourth-order valence-electron chi connectivity index (χ4n) is 4.29. The smallest absolute Gasteiger partial charge is 0.248 e. The highest BCUT2D eigenvalue weighted by molar-refractivity contribution is 5.93. The van der Waals surface area contributed by atoms with Gasteiger partial charge in [-0.05, 0) is 49.8 Å². The van der Waals surface area contributed by atoms with Crippen molar-refractivity contribution in [1.82, 2.24) is 9.80 Å². The number of hydrogen-bond acceptors (Lipinski definition) is 3. The van der Waals surface area contributed by atoms with Crippen molar-refractivity contribution in [3.8, 4) is 5.75 Å². The minimum Gasteiger partial charge on any atom is -0.497 e. The zero-order valence-corrected chi connectivity index (χ0v) is 15.3. The third-order valence-corrected chi connectivity index (χ3v) is 5.50. The molecule has 0 radical (unpaired) electrons. The molecule has 0 aliphatic carbocycles. The van der Waals surface area contributed by atoms with Crippen molar-refractivity contribution in [3.63, 3.8) is 0 Å². The molecular weight excluding hydrogens is 316 g/mol. The van der Waals surface area contributed by atoms with E-state index in [0.717, 1.165) is 56.5 Å². The zero-order valence-electron chi connectivity index (χ0n) is 15.3. The van der Waals surface area contributed by atoms with Gasteiger partial charge >= 0.3 is 0 Å². The summed E-state index contributed by atoms with van der Waals surface area (Å²) in [6.45, 7) is 4.41. The lowest BCUT2D eigenvalue weighted by Crippen LogP contribution is -2.61. The maximum Gasteiger partial charge on any atom is 0.248 e. The zero-order chi connectivity index (χ0) is 17.9. The van der Waals surface area contributed by atoms with Crippen LogP contribution in [0.5, 0.6) is 5.75 Å². The predicted molar refractivity (Wildman–Crippen MR) is 96.5 cm³/mol. The lowest BCUT2D eigenvalue weighted by atomic mass is 9.85. The van der Waals surface area contributed by atoms with Crippen molar-refractivity contribution in [1.29, 1.82) is 0 Å². The molecule has 1 unspecified atom stereocenters. The Morgan fingerprint density at radius 1 is 1.16 bits per heavy atom. The first-order valence-corrected chi connectivity index (χ1v) is 9.33. The van der Waals surface area contributed by atoms with Crippen LogP contribution in [0.2, 0.25) is 0 Å². The summed E-state index contributed by atoms with van der Waals surface area (Å²) in [6.07, 6.45) is 4.81. The largest absolute Gasteiger partial charge is 0.497 e. The number of carbonyl (C=O) groups is 2. The molecule has 25 heavy (non-hydrogen) atoms. The summed E-state index contributed by atoms with van der Waals surface area (Å²) >= 11 is 0. The number of piperidine rings is 1. The second-order valence-electron chi connectivity index (χ2n) is 7.10. The molecule has 1 spiro atoms. The average molecular weight is 344 g/mol. The van der Waals surface area contributed by atoms with Crippen LogP contribution in [0.4, 0.5) is 0 Å². The molecule has 2 fully saturated rings. The van der Waals surface area contributed by atoms with Crippen LogP contribution >= 0.6 is 0 Å². The molecule has 5 heteroatoms. The van der Waals surface area contributed by atoms with E-state index in [4.69, 9.17) is 4.74 Å². The standard InChI is InChI=1S/C20H28N2O3/c1-3-12-21-13-4-10-20(19(21)24)11-5-14-22(20)18(23)15-16-6-8-17(25-2)9-7-16/h6-9H,3-5,10-15H2,1-2H3. The molecule has 1 aromatic rings. The van der Waals surface area contributed by atoms with Crippen LogP contribution < -0.4 is 4.74 Å². The number of ether oxygens (including phenoxy) is 1. The van der Waals surface area contributed by atoms with Gasteiger partial charge in [-0.1, -0.05) is 19.1 Å². The Hall–Kier alpha value is -2.04. The molecule has 0 aromatic heterocycles. The van der Waals surface area contributed by atoms with E-state index in [1.54, 1.807) is 7.11 Å². The number of hydrogen-bond donors (Lipinski definition) is 0. The normalized spacial score (nSPS) is 23.4. The summed E-state index contributed by atoms with van der Waals surface area (Å²) in [5.41, 5.74) is 0.373. The quantitative estimate of drug-likeness (QED) is 0.825. The highest BCUT2D eigenvalue weighted by Gasteiger charge is 2.52. The molecule has 1 aromatic carbocycles. The van der Waals surface area contributed by atoms with Crippen LogP contribution in [0.1, 0.15) is 44.6 Å². The van der Waals surface area contributed by atoms with Crippen LogP contribution in [0.3, 0.4) is 0 Å². The first kappa shape index (κ1) is 17.8. The molecule has 2 amide bonds. The Morgan fingerprint density at radius 3 is 2.48 bits per heavy atom. The molecule has 2 aliphatic heterocycles. The topological polar surface area (TPSA) is 49.9 Å². The monoisotopic (exact) mass is 344 g/mol. The van der Waals surface area contributed by atoms with Gasteiger partial charge in [0.2, 0.25) is 11.8 Å². The first-order chi connectivity index (χ1) is 12.1. The Balaban J connectivity index is 1.75. The molecule has 0 bridgehead atoms. The Kier molecular flexibility index (Phi) is 5.30. The van der Waals surface area contributed by atoms with Crippen molar-refractivity contribution >= 4 is 11.8 Å². The number of likely N-dealkylation sites (tertiary alicyclic amines) is 2. The Bertz CT molecular complexity index is 626. The van der Waals surface area contributed by atoms with E-state index in [-0.39, 0.29) is 11.8 Å². The molecular formula is C20H28N2O3. The number of amides is 2. The van der Waals surface area contributed by atoms with Gasteiger partial charge in [-0.25, -0.2) is 0 Å². The molecule has 2 saturated heterocycles. The molecule has 0 N–H and O–H groups in total. The number of methoxy groups -OCH3 is 1. The number of carbonyl (C=O) groups excluding carboxylic acids is 2. The predicted octanol–water partition coefficient (Wildman–Crippen LogP) is 2.63. The van der Waals surface area contributed by atoms with Gasteiger partial charge in [-0.15, -0.1) is 0 Å². The summed E-state index contributed by atoms with van der Waals surface area (Å²) in [4.78, 5) is 29.9. The van der Waals surface area contributed by atoms with E-state index in [1.165, 1.54) is 0 Å². The van der Waals surface area contributed by atoms with Crippen molar-refractivity contribution < 1.29 is 14.3 Å². The minimum atomic E-state index is -0.586. The van der Waals surface area contributed by atoms with Crippen molar-refractivity contribution in [3.05, 3.63) is 29.8 Å². The second-order valence-corrected chi connectivity index (χ2v) is 7.10. The second kappa shape index (κ2) is 7.46. The number of benzene rings is 1. The van der Waals surface area contributed by atoms with Gasteiger partial charge in [0, 0.05) is 19.6 Å². The van der Waals surface area contributed by atoms with Gasteiger partial charge in [-0.2, -0.15) is 0 Å². The summed E-state index contributed by atoms with van der Waals surface area (Å²) in [7, 11) is 1.63.